The number of H-pyrrole nitrogens is 1. The van der Waals surface area contributed by atoms with Gasteiger partial charge in [-0.2, -0.15) is 9.37 Å². The van der Waals surface area contributed by atoms with Crippen molar-refractivity contribution in [1.82, 2.24) is 19.5 Å². The lowest BCUT2D eigenvalue weighted by Gasteiger charge is -2.07. The van der Waals surface area contributed by atoms with Crippen LogP contribution in [0.15, 0.2) is 4.79 Å². The molecule has 2 rings (SSSR count). The number of hydrogen-bond acceptors (Lipinski definition) is 3. The molecule has 1 N–H and O–H groups in total. The number of hydrogen-bond donors (Lipinski definition) is 1. The Morgan fingerprint density at radius 1 is 1.40 bits per heavy atom. The van der Waals surface area contributed by atoms with Crippen molar-refractivity contribution in [2.45, 2.75) is 26.8 Å². The van der Waals surface area contributed by atoms with Gasteiger partial charge in [-0.15, -0.1) is 0 Å². The molecular weight excluding hydrogens is 199 g/mol. The number of nitrogens with zero attached hydrogens (tertiary/aromatic N) is 3. The summed E-state index contributed by atoms with van der Waals surface area (Å²) in [5, 5.41) is 0. The van der Waals surface area contributed by atoms with Gasteiger partial charge in [-0.25, -0.2) is 4.98 Å². The normalized spacial score (nSPS) is 11.5. The predicted octanol–water partition coefficient (Wildman–Crippen LogP) is 1.15. The van der Waals surface area contributed by atoms with Gasteiger partial charge in [0.05, 0.1) is 0 Å². The van der Waals surface area contributed by atoms with Crippen LogP contribution in [0.25, 0.3) is 11.2 Å². The number of halogens is 1. The number of imidazole rings is 1. The zero-order chi connectivity index (χ0) is 11.2. The van der Waals surface area contributed by atoms with Gasteiger partial charge in [-0.1, -0.05) is 0 Å². The summed E-state index contributed by atoms with van der Waals surface area (Å²) >= 11 is 0. The number of aryl methyl sites for hydroxylation is 1. The van der Waals surface area contributed by atoms with Crippen molar-refractivity contribution in [2.75, 3.05) is 0 Å². The number of aromatic nitrogens is 4. The second-order valence-corrected chi connectivity index (χ2v) is 3.67. The third kappa shape index (κ3) is 1.42. The molecule has 0 bridgehead atoms. The van der Waals surface area contributed by atoms with Gasteiger partial charge >= 0.3 is 0 Å². The summed E-state index contributed by atoms with van der Waals surface area (Å²) in [6.45, 7) is 5.27. The van der Waals surface area contributed by atoms with Gasteiger partial charge in [0.1, 0.15) is 5.82 Å². The minimum atomic E-state index is -0.677. The van der Waals surface area contributed by atoms with Crippen LogP contribution in [-0.4, -0.2) is 19.5 Å². The van der Waals surface area contributed by atoms with Crippen LogP contribution in [0, 0.1) is 13.0 Å². The van der Waals surface area contributed by atoms with Crippen LogP contribution in [-0.2, 0) is 0 Å². The predicted molar refractivity (Wildman–Crippen MR) is 53.2 cm³/mol. The zero-order valence-electron chi connectivity index (χ0n) is 8.71. The molecule has 5 nitrogen and oxygen atoms in total. The fourth-order valence-electron chi connectivity index (χ4n) is 1.52. The number of rotatable bonds is 1. The van der Waals surface area contributed by atoms with Gasteiger partial charge in [-0.3, -0.25) is 9.36 Å². The Labute approximate surface area is 85.0 Å². The lowest BCUT2D eigenvalue weighted by Crippen LogP contribution is -2.11. The SMILES string of the molecule is Cc1nc2c(nc(F)n2C(C)C)c(=O)[nH]1. The standard InChI is InChI=1S/C9H11FN4O/c1-4(2)14-7-6(13-9(14)10)8(15)12-5(3)11-7/h4H,1-3H3,(H,11,12,15). The molecule has 0 aliphatic carbocycles. The highest BCUT2D eigenvalue weighted by atomic mass is 19.1. The van der Waals surface area contributed by atoms with Crippen molar-refractivity contribution in [1.29, 1.82) is 0 Å². The molecular formula is C9H11FN4O. The van der Waals surface area contributed by atoms with Crippen LogP contribution in [0.1, 0.15) is 25.7 Å². The second kappa shape index (κ2) is 3.15. The zero-order valence-corrected chi connectivity index (χ0v) is 8.71. The molecule has 0 aliphatic rings. The lowest BCUT2D eigenvalue weighted by atomic mass is 10.4. The molecule has 2 heterocycles. The number of nitrogens with one attached hydrogen (secondary N) is 1. The molecule has 0 amide bonds. The van der Waals surface area contributed by atoms with E-state index in [9.17, 15) is 9.18 Å². The summed E-state index contributed by atoms with van der Waals surface area (Å²) < 4.78 is 14.7. The van der Waals surface area contributed by atoms with Crippen molar-refractivity contribution in [2.24, 2.45) is 0 Å². The topological polar surface area (TPSA) is 63.6 Å². The molecule has 0 radical (unpaired) electrons. The summed E-state index contributed by atoms with van der Waals surface area (Å²) in [7, 11) is 0. The van der Waals surface area contributed by atoms with Gasteiger partial charge in [0.25, 0.3) is 11.6 Å². The highest BCUT2D eigenvalue weighted by Gasteiger charge is 2.16. The molecule has 0 saturated carbocycles. The van der Waals surface area contributed by atoms with Gasteiger partial charge in [0, 0.05) is 6.04 Å². The Morgan fingerprint density at radius 2 is 2.07 bits per heavy atom. The van der Waals surface area contributed by atoms with Crippen LogP contribution in [0.3, 0.4) is 0 Å². The molecule has 0 spiro atoms. The molecule has 0 unspecified atom stereocenters. The first kappa shape index (κ1) is 9.82. The average molecular weight is 210 g/mol. The van der Waals surface area contributed by atoms with Crippen molar-refractivity contribution in [3.8, 4) is 0 Å². The van der Waals surface area contributed by atoms with Crippen LogP contribution in [0.2, 0.25) is 0 Å². The van der Waals surface area contributed by atoms with Crippen molar-refractivity contribution in [3.05, 3.63) is 22.3 Å². The van der Waals surface area contributed by atoms with E-state index in [0.29, 0.717) is 11.5 Å². The van der Waals surface area contributed by atoms with Crippen LogP contribution >= 0.6 is 0 Å². The number of fused-ring (bicyclic) bond motifs is 1. The van der Waals surface area contributed by atoms with Gasteiger partial charge in [-0.05, 0) is 20.8 Å². The highest BCUT2D eigenvalue weighted by Crippen LogP contribution is 2.15. The van der Waals surface area contributed by atoms with Crippen LogP contribution < -0.4 is 5.56 Å². The molecule has 2 aromatic rings. The molecule has 0 saturated heterocycles. The van der Waals surface area contributed by atoms with E-state index < -0.39 is 11.6 Å². The monoisotopic (exact) mass is 210 g/mol. The number of aromatic amines is 1. The summed E-state index contributed by atoms with van der Waals surface area (Å²) in [6, 6.07) is -0.122. The first-order valence-electron chi connectivity index (χ1n) is 4.65. The Kier molecular flexibility index (Phi) is 2.06. The van der Waals surface area contributed by atoms with E-state index >= 15 is 0 Å². The maximum Gasteiger partial charge on any atom is 0.291 e. The summed E-state index contributed by atoms with van der Waals surface area (Å²) in [4.78, 5) is 21.6. The van der Waals surface area contributed by atoms with E-state index in [1.807, 2.05) is 13.8 Å². The van der Waals surface area contributed by atoms with Crippen molar-refractivity contribution < 1.29 is 4.39 Å². The minimum Gasteiger partial charge on any atom is -0.309 e. The van der Waals surface area contributed by atoms with E-state index in [-0.39, 0.29) is 11.6 Å². The largest absolute Gasteiger partial charge is 0.309 e. The molecule has 15 heavy (non-hydrogen) atoms. The molecule has 0 aromatic carbocycles. The van der Waals surface area contributed by atoms with E-state index in [1.165, 1.54) is 4.57 Å². The highest BCUT2D eigenvalue weighted by molar-refractivity contribution is 5.69. The molecule has 2 aromatic heterocycles. The third-order valence-electron chi connectivity index (χ3n) is 2.14. The summed E-state index contributed by atoms with van der Waals surface area (Å²) in [6.07, 6.45) is -0.677. The van der Waals surface area contributed by atoms with Crippen LogP contribution in [0.4, 0.5) is 4.39 Å². The molecule has 0 fully saturated rings. The fraction of sp³-hybridized carbons (Fsp3) is 0.444. The first-order valence-corrected chi connectivity index (χ1v) is 4.65. The smallest absolute Gasteiger partial charge is 0.291 e. The molecule has 0 atom stereocenters. The average Bonchev–Trinajstić information content (AvgIpc) is 2.41. The van der Waals surface area contributed by atoms with Crippen molar-refractivity contribution >= 4 is 11.2 Å². The summed E-state index contributed by atoms with van der Waals surface area (Å²) in [5.74, 6) is 0.453. The Morgan fingerprint density at radius 3 is 2.67 bits per heavy atom. The van der Waals surface area contributed by atoms with Gasteiger partial charge in [0.2, 0.25) is 0 Å². The van der Waals surface area contributed by atoms with E-state index in [0.717, 1.165) is 0 Å². The minimum absolute atomic E-state index is 0.0480. The lowest BCUT2D eigenvalue weighted by molar-refractivity contribution is 0.442. The Hall–Kier alpha value is -1.72. The third-order valence-corrected chi connectivity index (χ3v) is 2.14. The van der Waals surface area contributed by atoms with E-state index in [2.05, 4.69) is 15.0 Å². The fourth-order valence-corrected chi connectivity index (χ4v) is 1.52. The summed E-state index contributed by atoms with van der Waals surface area (Å²) in [5.41, 5.74) is -0.0636. The molecule has 80 valence electrons. The maximum atomic E-state index is 13.4. The first-order chi connectivity index (χ1) is 7.00. The molecule has 6 heteroatoms. The molecule has 0 aliphatic heterocycles. The van der Waals surface area contributed by atoms with Crippen LogP contribution in [0.5, 0.6) is 0 Å². The van der Waals surface area contributed by atoms with E-state index in [1.54, 1.807) is 6.92 Å². The second-order valence-electron chi connectivity index (χ2n) is 3.67. The maximum absolute atomic E-state index is 13.4. The Bertz CT molecular complexity index is 569. The van der Waals surface area contributed by atoms with E-state index in [4.69, 9.17) is 0 Å². The van der Waals surface area contributed by atoms with Crippen molar-refractivity contribution in [3.63, 3.8) is 0 Å². The quantitative estimate of drug-likeness (QED) is 0.718. The van der Waals surface area contributed by atoms with Gasteiger partial charge in [0.15, 0.2) is 11.2 Å². The Balaban J connectivity index is 2.93. The van der Waals surface area contributed by atoms with Gasteiger partial charge < -0.3 is 4.98 Å².